The van der Waals surface area contributed by atoms with Crippen molar-refractivity contribution < 1.29 is 19.7 Å². The number of aliphatic hydroxyl groups is 2. The van der Waals surface area contributed by atoms with Crippen LogP contribution in [-0.2, 0) is 6.54 Å². The standard InChI is InChI=1S/C17H24N2O4S/c1-22-14-4-5-15(16(10-14)23-2)17-18-13(12-24-17)11-19(7-9-21)6-3-8-20/h4-5,10,12,20-21H,3,6-9,11H2,1-2H3. The van der Waals surface area contributed by atoms with Crippen LogP contribution < -0.4 is 9.47 Å². The molecule has 0 aliphatic carbocycles. The zero-order valence-corrected chi connectivity index (χ0v) is 14.9. The minimum atomic E-state index is 0.0920. The molecular formula is C17H24N2O4S. The van der Waals surface area contributed by atoms with Crippen LogP contribution in [0.25, 0.3) is 10.6 Å². The number of benzene rings is 1. The highest BCUT2D eigenvalue weighted by Gasteiger charge is 2.13. The van der Waals surface area contributed by atoms with Gasteiger partial charge in [-0.1, -0.05) is 0 Å². The molecule has 1 heterocycles. The molecule has 1 aromatic carbocycles. The first-order valence-electron chi connectivity index (χ1n) is 7.82. The molecule has 7 heteroatoms. The molecule has 0 saturated carbocycles. The van der Waals surface area contributed by atoms with E-state index in [1.807, 2.05) is 23.6 Å². The maximum Gasteiger partial charge on any atom is 0.132 e. The number of nitrogens with zero attached hydrogens (tertiary/aromatic N) is 2. The van der Waals surface area contributed by atoms with E-state index in [0.29, 0.717) is 19.5 Å². The molecule has 0 radical (unpaired) electrons. The van der Waals surface area contributed by atoms with Gasteiger partial charge in [0, 0.05) is 37.7 Å². The lowest BCUT2D eigenvalue weighted by Crippen LogP contribution is -2.28. The van der Waals surface area contributed by atoms with Crippen LogP contribution in [0.4, 0.5) is 0 Å². The summed E-state index contributed by atoms with van der Waals surface area (Å²) in [6.07, 6.45) is 0.684. The van der Waals surface area contributed by atoms with Gasteiger partial charge in [0.1, 0.15) is 16.5 Å². The third-order valence-electron chi connectivity index (χ3n) is 3.63. The monoisotopic (exact) mass is 352 g/mol. The van der Waals surface area contributed by atoms with Gasteiger partial charge in [-0.25, -0.2) is 4.98 Å². The van der Waals surface area contributed by atoms with Crippen LogP contribution in [0, 0.1) is 0 Å². The Balaban J connectivity index is 2.14. The van der Waals surface area contributed by atoms with Crippen LogP contribution in [0.3, 0.4) is 0 Å². The van der Waals surface area contributed by atoms with Crippen molar-refractivity contribution in [3.63, 3.8) is 0 Å². The summed E-state index contributed by atoms with van der Waals surface area (Å²) in [5.74, 6) is 1.47. The average molecular weight is 352 g/mol. The van der Waals surface area contributed by atoms with E-state index in [1.165, 1.54) is 0 Å². The van der Waals surface area contributed by atoms with Crippen molar-refractivity contribution in [2.24, 2.45) is 0 Å². The number of hydrogen-bond donors (Lipinski definition) is 2. The summed E-state index contributed by atoms with van der Waals surface area (Å²) in [7, 11) is 3.25. The third-order valence-corrected chi connectivity index (χ3v) is 4.55. The van der Waals surface area contributed by atoms with Crippen molar-refractivity contribution >= 4 is 11.3 Å². The van der Waals surface area contributed by atoms with Gasteiger partial charge in [0.25, 0.3) is 0 Å². The van der Waals surface area contributed by atoms with Crippen LogP contribution in [-0.4, -0.2) is 60.6 Å². The summed E-state index contributed by atoms with van der Waals surface area (Å²) in [4.78, 5) is 6.77. The number of hydrogen-bond acceptors (Lipinski definition) is 7. The quantitative estimate of drug-likeness (QED) is 0.681. The molecule has 0 fully saturated rings. The van der Waals surface area contributed by atoms with E-state index in [4.69, 9.17) is 19.7 Å². The third kappa shape index (κ3) is 4.91. The normalized spacial score (nSPS) is 11.0. The van der Waals surface area contributed by atoms with E-state index in [0.717, 1.165) is 34.3 Å². The van der Waals surface area contributed by atoms with Crippen molar-refractivity contribution in [3.05, 3.63) is 29.3 Å². The van der Waals surface area contributed by atoms with Gasteiger partial charge in [-0.15, -0.1) is 11.3 Å². The average Bonchev–Trinajstić information content (AvgIpc) is 3.07. The van der Waals surface area contributed by atoms with Crippen LogP contribution in [0.1, 0.15) is 12.1 Å². The van der Waals surface area contributed by atoms with Gasteiger partial charge in [-0.3, -0.25) is 4.90 Å². The van der Waals surface area contributed by atoms with E-state index in [9.17, 15) is 0 Å². The number of ether oxygens (including phenoxy) is 2. The predicted molar refractivity (Wildman–Crippen MR) is 94.7 cm³/mol. The molecule has 0 atom stereocenters. The first kappa shape index (κ1) is 18.7. The minimum Gasteiger partial charge on any atom is -0.497 e. The number of aromatic nitrogens is 1. The second-order valence-corrected chi connectivity index (χ2v) is 6.15. The molecule has 0 saturated heterocycles. The Bertz CT molecular complexity index is 633. The summed E-state index contributed by atoms with van der Waals surface area (Å²) in [6, 6.07) is 5.67. The topological polar surface area (TPSA) is 75.1 Å². The number of methoxy groups -OCH3 is 2. The molecule has 2 rings (SSSR count). The predicted octanol–water partition coefficient (Wildman–Crippen LogP) is 2.00. The highest BCUT2D eigenvalue weighted by molar-refractivity contribution is 7.13. The molecule has 0 amide bonds. The van der Waals surface area contributed by atoms with Crippen molar-refractivity contribution in [2.45, 2.75) is 13.0 Å². The maximum absolute atomic E-state index is 9.16. The van der Waals surface area contributed by atoms with E-state index in [-0.39, 0.29) is 13.2 Å². The molecule has 2 N–H and O–H groups in total. The first-order chi connectivity index (χ1) is 11.7. The van der Waals surface area contributed by atoms with Gasteiger partial charge in [-0.2, -0.15) is 0 Å². The molecule has 0 aliphatic rings. The number of thiazole rings is 1. The zero-order chi connectivity index (χ0) is 17.4. The van der Waals surface area contributed by atoms with Gasteiger partial charge in [0.2, 0.25) is 0 Å². The zero-order valence-electron chi connectivity index (χ0n) is 14.1. The summed E-state index contributed by atoms with van der Waals surface area (Å²) in [5, 5.41) is 21.0. The maximum atomic E-state index is 9.16. The van der Waals surface area contributed by atoms with Crippen molar-refractivity contribution in [1.29, 1.82) is 0 Å². The second kappa shape index (κ2) is 9.58. The molecule has 0 spiro atoms. The lowest BCUT2D eigenvalue weighted by atomic mass is 10.2. The Kier molecular flexibility index (Phi) is 7.45. The van der Waals surface area contributed by atoms with Crippen molar-refractivity contribution in [2.75, 3.05) is 40.5 Å². The summed E-state index contributed by atoms with van der Waals surface area (Å²) in [6.45, 7) is 2.19. The SMILES string of the molecule is COc1ccc(-c2nc(CN(CCO)CCCO)cs2)c(OC)c1. The fraction of sp³-hybridized carbons (Fsp3) is 0.471. The molecule has 0 bridgehead atoms. The molecule has 2 aromatic rings. The van der Waals surface area contributed by atoms with E-state index < -0.39 is 0 Å². The largest absolute Gasteiger partial charge is 0.497 e. The fourth-order valence-corrected chi connectivity index (χ4v) is 3.25. The molecule has 0 aliphatic heterocycles. The van der Waals surface area contributed by atoms with E-state index >= 15 is 0 Å². The Morgan fingerprint density at radius 3 is 2.62 bits per heavy atom. The Hall–Kier alpha value is -1.67. The van der Waals surface area contributed by atoms with Gasteiger partial charge >= 0.3 is 0 Å². The molecular weight excluding hydrogens is 328 g/mol. The lowest BCUT2D eigenvalue weighted by molar-refractivity contribution is 0.173. The molecule has 0 unspecified atom stereocenters. The first-order valence-corrected chi connectivity index (χ1v) is 8.70. The Morgan fingerprint density at radius 1 is 1.12 bits per heavy atom. The lowest BCUT2D eigenvalue weighted by Gasteiger charge is -2.19. The molecule has 132 valence electrons. The highest BCUT2D eigenvalue weighted by atomic mass is 32.1. The molecule has 6 nitrogen and oxygen atoms in total. The second-order valence-electron chi connectivity index (χ2n) is 5.29. The smallest absolute Gasteiger partial charge is 0.132 e. The van der Waals surface area contributed by atoms with Crippen LogP contribution in [0.2, 0.25) is 0 Å². The minimum absolute atomic E-state index is 0.0920. The summed E-state index contributed by atoms with van der Waals surface area (Å²) >= 11 is 1.56. The van der Waals surface area contributed by atoms with Crippen molar-refractivity contribution in [3.8, 4) is 22.1 Å². The van der Waals surface area contributed by atoms with Gasteiger partial charge in [0.05, 0.1) is 32.1 Å². The van der Waals surface area contributed by atoms with Gasteiger partial charge in [0.15, 0.2) is 0 Å². The van der Waals surface area contributed by atoms with Gasteiger partial charge in [-0.05, 0) is 18.6 Å². The van der Waals surface area contributed by atoms with Crippen LogP contribution in [0.15, 0.2) is 23.6 Å². The van der Waals surface area contributed by atoms with Crippen LogP contribution >= 0.6 is 11.3 Å². The van der Waals surface area contributed by atoms with E-state index in [1.54, 1.807) is 25.6 Å². The molecule has 24 heavy (non-hydrogen) atoms. The Labute approximate surface area is 146 Å². The number of aliphatic hydroxyl groups excluding tert-OH is 2. The Morgan fingerprint density at radius 2 is 1.96 bits per heavy atom. The number of rotatable bonds is 10. The highest BCUT2D eigenvalue weighted by Crippen LogP contribution is 2.35. The summed E-state index contributed by atoms with van der Waals surface area (Å²) < 4.78 is 10.7. The van der Waals surface area contributed by atoms with Gasteiger partial charge < -0.3 is 19.7 Å². The summed E-state index contributed by atoms with van der Waals surface area (Å²) in [5.41, 5.74) is 1.87. The fourth-order valence-electron chi connectivity index (χ4n) is 2.41. The molecule has 1 aromatic heterocycles. The van der Waals surface area contributed by atoms with Crippen LogP contribution in [0.5, 0.6) is 11.5 Å². The van der Waals surface area contributed by atoms with Crippen molar-refractivity contribution in [1.82, 2.24) is 9.88 Å². The van der Waals surface area contributed by atoms with E-state index in [2.05, 4.69) is 9.88 Å².